The molecule has 1 nitrogen and oxygen atoms in total. The number of hydrogen-bond acceptors (Lipinski definition) is 1. The van der Waals surface area contributed by atoms with Crippen molar-refractivity contribution in [3.8, 4) is 0 Å². The van der Waals surface area contributed by atoms with Gasteiger partial charge in [0.2, 0.25) is 0 Å². The normalized spacial score (nSPS) is 29.6. The highest BCUT2D eigenvalue weighted by atomic mass is 127. The molecule has 0 saturated carbocycles. The van der Waals surface area contributed by atoms with Crippen LogP contribution in [-0.4, -0.2) is 10.2 Å². The molecule has 0 spiro atoms. The molecule has 1 aliphatic carbocycles. The third-order valence-electron chi connectivity index (χ3n) is 3.24. The van der Waals surface area contributed by atoms with Crippen LogP contribution in [0.15, 0.2) is 11.6 Å². The molecular formula is C12H19IO. The lowest BCUT2D eigenvalue weighted by molar-refractivity contribution is -0.114. The van der Waals surface area contributed by atoms with E-state index >= 15 is 0 Å². The Morgan fingerprint density at radius 3 is 2.79 bits per heavy atom. The van der Waals surface area contributed by atoms with E-state index in [4.69, 9.17) is 0 Å². The summed E-state index contributed by atoms with van der Waals surface area (Å²) in [6, 6.07) is 0. The lowest BCUT2D eigenvalue weighted by Crippen LogP contribution is -2.21. The van der Waals surface area contributed by atoms with E-state index in [0.717, 1.165) is 5.57 Å². The van der Waals surface area contributed by atoms with E-state index in [1.54, 1.807) is 6.92 Å². The number of ketones is 1. The monoisotopic (exact) mass is 306 g/mol. The Kier molecular flexibility index (Phi) is 4.61. The number of carbonyl (C=O) groups excluding carboxylic acids is 1. The van der Waals surface area contributed by atoms with Crippen LogP contribution in [0.2, 0.25) is 0 Å². The van der Waals surface area contributed by atoms with Crippen molar-refractivity contribution in [2.75, 3.05) is 4.43 Å². The first-order valence-electron chi connectivity index (χ1n) is 5.34. The zero-order chi connectivity index (χ0) is 10.7. The predicted molar refractivity (Wildman–Crippen MR) is 68.7 cm³/mol. The van der Waals surface area contributed by atoms with E-state index in [9.17, 15) is 4.79 Å². The molecule has 0 unspecified atom stereocenters. The molecule has 0 radical (unpaired) electrons. The number of allylic oxidation sites excluding steroid dienone is 2. The van der Waals surface area contributed by atoms with Gasteiger partial charge in [-0.05, 0) is 43.1 Å². The molecule has 0 fully saturated rings. The molecule has 0 amide bonds. The SMILES string of the molecule is CC(=O)C1=C[C@@H]([C@@H](C)CI)CC[C@@H]1C. The zero-order valence-corrected chi connectivity index (χ0v) is 11.4. The van der Waals surface area contributed by atoms with Gasteiger partial charge in [0, 0.05) is 4.43 Å². The van der Waals surface area contributed by atoms with E-state index < -0.39 is 0 Å². The Bertz CT molecular complexity index is 245. The highest BCUT2D eigenvalue weighted by Gasteiger charge is 2.24. The molecule has 0 saturated heterocycles. The topological polar surface area (TPSA) is 17.1 Å². The van der Waals surface area contributed by atoms with Gasteiger partial charge in [0.15, 0.2) is 5.78 Å². The van der Waals surface area contributed by atoms with Gasteiger partial charge in [-0.2, -0.15) is 0 Å². The molecule has 0 bridgehead atoms. The Morgan fingerprint density at radius 2 is 2.29 bits per heavy atom. The number of carbonyl (C=O) groups is 1. The second kappa shape index (κ2) is 5.29. The first kappa shape index (κ1) is 12.2. The van der Waals surface area contributed by atoms with Gasteiger partial charge in [-0.1, -0.05) is 42.5 Å². The van der Waals surface area contributed by atoms with Crippen molar-refractivity contribution in [2.45, 2.75) is 33.6 Å². The summed E-state index contributed by atoms with van der Waals surface area (Å²) in [4.78, 5) is 11.4. The Balaban J connectivity index is 2.79. The number of rotatable bonds is 3. The Labute approximate surface area is 100 Å². The van der Waals surface area contributed by atoms with Crippen LogP contribution in [0.5, 0.6) is 0 Å². The molecule has 0 aromatic rings. The van der Waals surface area contributed by atoms with Gasteiger partial charge in [-0.25, -0.2) is 0 Å². The first-order chi connectivity index (χ1) is 6.56. The van der Waals surface area contributed by atoms with Gasteiger partial charge in [-0.3, -0.25) is 4.79 Å². The number of hydrogen-bond donors (Lipinski definition) is 0. The largest absolute Gasteiger partial charge is 0.295 e. The van der Waals surface area contributed by atoms with Gasteiger partial charge in [0.25, 0.3) is 0 Å². The maximum absolute atomic E-state index is 11.4. The van der Waals surface area contributed by atoms with Crippen molar-refractivity contribution >= 4 is 28.4 Å². The molecule has 0 heterocycles. The van der Waals surface area contributed by atoms with Crippen LogP contribution in [0.1, 0.15) is 33.6 Å². The van der Waals surface area contributed by atoms with Crippen LogP contribution in [-0.2, 0) is 4.79 Å². The standard InChI is InChI=1S/C12H19IO/c1-8-4-5-11(9(2)7-13)6-12(8)10(3)14/h6,8-9,11H,4-5,7H2,1-3H3/t8-,9-,11-/m0/s1. The molecule has 3 atom stereocenters. The first-order valence-corrected chi connectivity index (χ1v) is 6.87. The third-order valence-corrected chi connectivity index (χ3v) is 4.63. The van der Waals surface area contributed by atoms with Gasteiger partial charge in [0.05, 0.1) is 0 Å². The maximum atomic E-state index is 11.4. The minimum absolute atomic E-state index is 0.267. The molecule has 80 valence electrons. The molecule has 0 aromatic heterocycles. The predicted octanol–water partition coefficient (Wildman–Crippen LogP) is 3.62. The second-order valence-corrected chi connectivity index (χ2v) is 5.33. The Hall–Kier alpha value is 0.140. The molecular weight excluding hydrogens is 287 g/mol. The van der Waals surface area contributed by atoms with Gasteiger partial charge in [0.1, 0.15) is 0 Å². The summed E-state index contributed by atoms with van der Waals surface area (Å²) in [7, 11) is 0. The highest BCUT2D eigenvalue weighted by molar-refractivity contribution is 14.1. The molecule has 0 aromatic carbocycles. The fourth-order valence-electron chi connectivity index (χ4n) is 2.10. The quantitative estimate of drug-likeness (QED) is 0.575. The minimum Gasteiger partial charge on any atom is -0.295 e. The van der Waals surface area contributed by atoms with Crippen molar-refractivity contribution in [3.63, 3.8) is 0 Å². The van der Waals surface area contributed by atoms with E-state index in [2.05, 4.69) is 42.5 Å². The molecule has 2 heteroatoms. The Morgan fingerprint density at radius 1 is 1.64 bits per heavy atom. The van der Waals surface area contributed by atoms with Crippen molar-refractivity contribution in [2.24, 2.45) is 17.8 Å². The van der Waals surface area contributed by atoms with Gasteiger partial charge < -0.3 is 0 Å². The van der Waals surface area contributed by atoms with Crippen LogP contribution in [0, 0.1) is 17.8 Å². The maximum Gasteiger partial charge on any atom is 0.155 e. The number of halogens is 1. The fraction of sp³-hybridized carbons (Fsp3) is 0.750. The molecule has 1 aliphatic rings. The summed E-state index contributed by atoms with van der Waals surface area (Å²) in [6.07, 6.45) is 4.67. The van der Waals surface area contributed by atoms with E-state index in [-0.39, 0.29) is 5.78 Å². The minimum atomic E-state index is 0.267. The second-order valence-electron chi connectivity index (χ2n) is 4.45. The van der Waals surface area contributed by atoms with Crippen molar-refractivity contribution in [1.29, 1.82) is 0 Å². The molecule has 14 heavy (non-hydrogen) atoms. The smallest absolute Gasteiger partial charge is 0.155 e. The summed E-state index contributed by atoms with van der Waals surface area (Å²) >= 11 is 2.43. The third kappa shape index (κ3) is 2.81. The summed E-state index contributed by atoms with van der Waals surface area (Å²) in [5.41, 5.74) is 1.07. The van der Waals surface area contributed by atoms with Crippen LogP contribution in [0.3, 0.4) is 0 Å². The molecule has 1 rings (SSSR count). The number of alkyl halides is 1. The van der Waals surface area contributed by atoms with Crippen LogP contribution >= 0.6 is 22.6 Å². The van der Waals surface area contributed by atoms with Crippen molar-refractivity contribution in [1.82, 2.24) is 0 Å². The summed E-state index contributed by atoms with van der Waals surface area (Å²) in [6.45, 7) is 6.14. The molecule has 0 aliphatic heterocycles. The van der Waals surface area contributed by atoms with E-state index in [1.807, 2.05) is 0 Å². The lowest BCUT2D eigenvalue weighted by Gasteiger charge is -2.28. The summed E-state index contributed by atoms with van der Waals surface area (Å²) in [5.74, 6) is 2.08. The van der Waals surface area contributed by atoms with Gasteiger partial charge in [-0.15, -0.1) is 0 Å². The average Bonchev–Trinajstić information content (AvgIpc) is 2.17. The zero-order valence-electron chi connectivity index (χ0n) is 9.22. The fourth-order valence-corrected chi connectivity index (χ4v) is 2.76. The summed E-state index contributed by atoms with van der Waals surface area (Å²) < 4.78 is 1.18. The van der Waals surface area contributed by atoms with Crippen molar-refractivity contribution < 1.29 is 4.79 Å². The highest BCUT2D eigenvalue weighted by Crippen LogP contribution is 2.33. The number of Topliss-reactive ketones (excluding diaryl/α,β-unsaturated/α-hetero) is 1. The van der Waals surface area contributed by atoms with Gasteiger partial charge >= 0.3 is 0 Å². The molecule has 0 N–H and O–H groups in total. The average molecular weight is 306 g/mol. The van der Waals surface area contributed by atoms with E-state index in [1.165, 1.54) is 17.3 Å². The van der Waals surface area contributed by atoms with Crippen LogP contribution in [0.4, 0.5) is 0 Å². The van der Waals surface area contributed by atoms with Crippen molar-refractivity contribution in [3.05, 3.63) is 11.6 Å². The van der Waals surface area contributed by atoms with Crippen LogP contribution in [0.25, 0.3) is 0 Å². The summed E-state index contributed by atoms with van der Waals surface area (Å²) in [5, 5.41) is 0. The van der Waals surface area contributed by atoms with Crippen LogP contribution < -0.4 is 0 Å². The van der Waals surface area contributed by atoms with E-state index in [0.29, 0.717) is 17.8 Å². The lowest BCUT2D eigenvalue weighted by atomic mass is 9.77.